The second-order valence-corrected chi connectivity index (χ2v) is 6.00. The first-order chi connectivity index (χ1) is 12.9. The Morgan fingerprint density at radius 3 is 1.41 bits per heavy atom. The van der Waals surface area contributed by atoms with Crippen LogP contribution in [0.4, 0.5) is 11.4 Å². The number of carbonyl (C=O) groups is 2. The Morgan fingerprint density at radius 1 is 0.667 bits per heavy atom. The predicted molar refractivity (Wildman–Crippen MR) is 103 cm³/mol. The minimum absolute atomic E-state index is 0.275. The highest BCUT2D eigenvalue weighted by Gasteiger charge is 2.13. The topological polar surface area (TPSA) is 105 Å². The molecule has 0 fully saturated rings. The summed E-state index contributed by atoms with van der Waals surface area (Å²) in [6.07, 6.45) is 0. The Hall–Kier alpha value is -3.80. The van der Waals surface area contributed by atoms with Crippen molar-refractivity contribution in [2.75, 3.05) is 11.5 Å². The lowest BCUT2D eigenvalue weighted by molar-refractivity contribution is 0.0733. The smallest absolute Gasteiger partial charge is 0.343 e. The Balaban J connectivity index is 1.75. The van der Waals surface area contributed by atoms with Gasteiger partial charge in [-0.3, -0.25) is 0 Å². The lowest BCUT2D eigenvalue weighted by atomic mass is 10.2. The summed E-state index contributed by atoms with van der Waals surface area (Å²) in [5.41, 5.74) is 13.8. The quantitative estimate of drug-likeness (QED) is 0.417. The van der Waals surface area contributed by atoms with Crippen LogP contribution in [-0.2, 0) is 0 Å². The Bertz CT molecular complexity index is 902. The molecule has 0 amide bonds. The van der Waals surface area contributed by atoms with E-state index in [9.17, 15) is 9.59 Å². The Morgan fingerprint density at radius 2 is 1.04 bits per heavy atom. The van der Waals surface area contributed by atoms with Gasteiger partial charge in [-0.05, 0) is 73.2 Å². The van der Waals surface area contributed by atoms with Gasteiger partial charge in [0.25, 0.3) is 0 Å². The zero-order valence-corrected chi connectivity index (χ0v) is 14.6. The highest BCUT2D eigenvalue weighted by molar-refractivity contribution is 5.92. The lowest BCUT2D eigenvalue weighted by Crippen LogP contribution is -2.10. The molecule has 0 aliphatic carbocycles. The first-order valence-corrected chi connectivity index (χ1v) is 8.18. The molecule has 0 spiro atoms. The van der Waals surface area contributed by atoms with Gasteiger partial charge in [0.1, 0.15) is 11.5 Å². The van der Waals surface area contributed by atoms with Crippen LogP contribution in [0.3, 0.4) is 0 Å². The van der Waals surface area contributed by atoms with Gasteiger partial charge in [0.15, 0.2) is 0 Å². The van der Waals surface area contributed by atoms with Gasteiger partial charge in [0.2, 0.25) is 0 Å². The molecule has 6 heteroatoms. The summed E-state index contributed by atoms with van der Waals surface area (Å²) in [7, 11) is 0. The molecule has 3 rings (SSSR count). The third-order valence-electron chi connectivity index (χ3n) is 3.74. The van der Waals surface area contributed by atoms with Crippen LogP contribution in [0.5, 0.6) is 11.5 Å². The van der Waals surface area contributed by atoms with E-state index in [-0.39, 0.29) is 11.5 Å². The number of carbonyl (C=O) groups excluding carboxylic acids is 2. The monoisotopic (exact) mass is 362 g/mol. The first-order valence-electron chi connectivity index (χ1n) is 8.18. The van der Waals surface area contributed by atoms with Crippen LogP contribution in [0.2, 0.25) is 0 Å². The van der Waals surface area contributed by atoms with Crippen molar-refractivity contribution in [1.29, 1.82) is 0 Å². The van der Waals surface area contributed by atoms with Crippen molar-refractivity contribution in [2.45, 2.75) is 6.92 Å². The summed E-state index contributed by atoms with van der Waals surface area (Å²) < 4.78 is 10.8. The summed E-state index contributed by atoms with van der Waals surface area (Å²) >= 11 is 0. The fourth-order valence-corrected chi connectivity index (χ4v) is 2.40. The van der Waals surface area contributed by atoms with E-state index in [1.54, 1.807) is 67.6 Å². The van der Waals surface area contributed by atoms with E-state index in [1.165, 1.54) is 6.07 Å². The van der Waals surface area contributed by atoms with Crippen LogP contribution in [0.15, 0.2) is 66.7 Å². The third-order valence-corrected chi connectivity index (χ3v) is 3.74. The zero-order valence-electron chi connectivity index (χ0n) is 14.6. The van der Waals surface area contributed by atoms with Gasteiger partial charge in [-0.25, -0.2) is 9.59 Å². The fourth-order valence-electron chi connectivity index (χ4n) is 2.40. The van der Waals surface area contributed by atoms with Crippen molar-refractivity contribution in [3.05, 3.63) is 83.4 Å². The number of nitrogen functional groups attached to an aromatic ring is 2. The molecule has 0 bridgehead atoms. The predicted octanol–water partition coefficient (Wildman–Crippen LogP) is 3.60. The Kier molecular flexibility index (Phi) is 5.08. The molecule has 0 aliphatic rings. The summed E-state index contributed by atoms with van der Waals surface area (Å²) in [6.45, 7) is 1.81. The van der Waals surface area contributed by atoms with E-state index in [1.807, 2.05) is 0 Å². The molecule has 0 heterocycles. The number of nitrogens with two attached hydrogens (primary N) is 2. The molecule has 0 aliphatic heterocycles. The second-order valence-electron chi connectivity index (χ2n) is 6.00. The van der Waals surface area contributed by atoms with Gasteiger partial charge in [0, 0.05) is 17.4 Å². The van der Waals surface area contributed by atoms with Crippen molar-refractivity contribution in [3.63, 3.8) is 0 Å². The van der Waals surface area contributed by atoms with E-state index >= 15 is 0 Å². The molecule has 27 heavy (non-hydrogen) atoms. The average molecular weight is 362 g/mol. The van der Waals surface area contributed by atoms with Crippen LogP contribution >= 0.6 is 0 Å². The minimum Gasteiger partial charge on any atom is -0.423 e. The molecule has 3 aromatic carbocycles. The highest BCUT2D eigenvalue weighted by Crippen LogP contribution is 2.24. The van der Waals surface area contributed by atoms with E-state index < -0.39 is 11.9 Å². The van der Waals surface area contributed by atoms with E-state index in [0.29, 0.717) is 22.5 Å². The molecule has 136 valence electrons. The number of aryl methyl sites for hydroxylation is 1. The van der Waals surface area contributed by atoms with Crippen LogP contribution in [0.1, 0.15) is 26.3 Å². The molecule has 0 saturated heterocycles. The average Bonchev–Trinajstić information content (AvgIpc) is 2.62. The SMILES string of the molecule is Cc1cc(OC(=O)c2ccc(N)cc2)cc(OC(=O)c2ccc(N)cc2)c1. The van der Waals surface area contributed by atoms with Crippen LogP contribution < -0.4 is 20.9 Å². The summed E-state index contributed by atoms with van der Waals surface area (Å²) in [5.74, 6) is -0.512. The van der Waals surface area contributed by atoms with Crippen molar-refractivity contribution in [1.82, 2.24) is 0 Å². The standard InChI is InChI=1S/C21H18N2O4/c1-13-10-18(26-20(24)14-2-6-16(22)7-3-14)12-19(11-13)27-21(25)15-4-8-17(23)9-5-15/h2-12H,22-23H2,1H3. The van der Waals surface area contributed by atoms with Gasteiger partial charge in [-0.1, -0.05) is 0 Å². The maximum atomic E-state index is 12.2. The number of benzene rings is 3. The normalized spacial score (nSPS) is 10.3. The molecular formula is C21H18N2O4. The molecule has 6 nitrogen and oxygen atoms in total. The number of rotatable bonds is 4. The Labute approximate surface area is 156 Å². The van der Waals surface area contributed by atoms with Gasteiger partial charge >= 0.3 is 11.9 Å². The summed E-state index contributed by atoms with van der Waals surface area (Å²) in [6, 6.07) is 17.6. The number of ether oxygens (including phenoxy) is 2. The van der Waals surface area contributed by atoms with Crippen molar-refractivity contribution in [3.8, 4) is 11.5 Å². The van der Waals surface area contributed by atoms with E-state index in [0.717, 1.165) is 5.56 Å². The van der Waals surface area contributed by atoms with Gasteiger partial charge in [0.05, 0.1) is 11.1 Å². The van der Waals surface area contributed by atoms with Gasteiger partial charge in [-0.15, -0.1) is 0 Å². The first kappa shape index (κ1) is 18.0. The number of hydrogen-bond acceptors (Lipinski definition) is 6. The number of anilines is 2. The fraction of sp³-hybridized carbons (Fsp3) is 0.0476. The van der Waals surface area contributed by atoms with Crippen molar-refractivity contribution < 1.29 is 19.1 Å². The summed E-state index contributed by atoms with van der Waals surface area (Å²) in [5, 5.41) is 0. The number of esters is 2. The second kappa shape index (κ2) is 7.61. The summed E-state index contributed by atoms with van der Waals surface area (Å²) in [4.78, 5) is 24.5. The third kappa shape index (κ3) is 4.64. The number of hydrogen-bond donors (Lipinski definition) is 2. The minimum atomic E-state index is -0.531. The van der Waals surface area contributed by atoms with Crippen LogP contribution in [0.25, 0.3) is 0 Å². The van der Waals surface area contributed by atoms with Crippen molar-refractivity contribution >= 4 is 23.3 Å². The maximum Gasteiger partial charge on any atom is 0.343 e. The van der Waals surface area contributed by atoms with Crippen LogP contribution in [-0.4, -0.2) is 11.9 Å². The van der Waals surface area contributed by atoms with E-state index in [2.05, 4.69) is 0 Å². The molecule has 4 N–H and O–H groups in total. The van der Waals surface area contributed by atoms with E-state index in [4.69, 9.17) is 20.9 Å². The largest absolute Gasteiger partial charge is 0.423 e. The molecule has 3 aromatic rings. The lowest BCUT2D eigenvalue weighted by Gasteiger charge is -2.09. The molecule has 0 aromatic heterocycles. The highest BCUT2D eigenvalue weighted by atomic mass is 16.5. The van der Waals surface area contributed by atoms with Gasteiger partial charge < -0.3 is 20.9 Å². The maximum absolute atomic E-state index is 12.2. The van der Waals surface area contributed by atoms with Gasteiger partial charge in [-0.2, -0.15) is 0 Å². The van der Waals surface area contributed by atoms with Crippen LogP contribution in [0, 0.1) is 6.92 Å². The zero-order chi connectivity index (χ0) is 19.4. The molecular weight excluding hydrogens is 344 g/mol. The van der Waals surface area contributed by atoms with Crippen molar-refractivity contribution in [2.24, 2.45) is 0 Å². The molecule has 0 atom stereocenters. The molecule has 0 unspecified atom stereocenters. The molecule has 0 radical (unpaired) electrons. The molecule has 0 saturated carbocycles.